The minimum Gasteiger partial charge on any atom is -0.315 e. The van der Waals surface area contributed by atoms with Crippen LogP contribution in [0, 0.1) is 0 Å². The predicted molar refractivity (Wildman–Crippen MR) is 92.2 cm³/mol. The van der Waals surface area contributed by atoms with Gasteiger partial charge in [0.15, 0.2) is 0 Å². The lowest BCUT2D eigenvalue weighted by Gasteiger charge is -2.07. The maximum Gasteiger partial charge on any atom is 0.208 e. The molecule has 0 rings (SSSR count). The van der Waals surface area contributed by atoms with Crippen molar-refractivity contribution < 1.29 is 8.42 Å². The molecule has 128 valence electrons. The molecule has 0 fully saturated rings. The fourth-order valence-corrected chi connectivity index (χ4v) is 2.83. The Morgan fingerprint density at radius 1 is 0.714 bits per heavy atom. The van der Waals surface area contributed by atoms with Crippen LogP contribution in [0.3, 0.4) is 0 Å². The zero-order valence-electron chi connectivity index (χ0n) is 14.3. The van der Waals surface area contributed by atoms with E-state index in [4.69, 9.17) is 0 Å². The zero-order valence-corrected chi connectivity index (χ0v) is 15.1. The molecule has 0 aromatic rings. The SMILES string of the molecule is CC(C)NCCCCCCCCCCCCNS(C)(=O)=O. The Balaban J connectivity index is 3.06. The van der Waals surface area contributed by atoms with Crippen molar-refractivity contribution in [1.82, 2.24) is 10.0 Å². The molecule has 0 aromatic carbocycles. The minimum absolute atomic E-state index is 0.587. The lowest BCUT2D eigenvalue weighted by molar-refractivity contribution is 0.521. The number of nitrogens with one attached hydrogen (secondary N) is 2. The fraction of sp³-hybridized carbons (Fsp3) is 1.00. The van der Waals surface area contributed by atoms with Gasteiger partial charge in [-0.3, -0.25) is 0 Å². The third-order valence-corrected chi connectivity index (χ3v) is 4.25. The van der Waals surface area contributed by atoms with Gasteiger partial charge < -0.3 is 5.32 Å². The molecule has 0 spiro atoms. The van der Waals surface area contributed by atoms with Crippen LogP contribution in [0.15, 0.2) is 0 Å². The van der Waals surface area contributed by atoms with Gasteiger partial charge in [0.05, 0.1) is 6.26 Å². The molecular weight excluding hydrogens is 284 g/mol. The summed E-state index contributed by atoms with van der Waals surface area (Å²) in [7, 11) is -3.00. The first-order valence-corrected chi connectivity index (χ1v) is 10.5. The highest BCUT2D eigenvalue weighted by Crippen LogP contribution is 2.10. The van der Waals surface area contributed by atoms with Crippen molar-refractivity contribution in [2.45, 2.75) is 84.1 Å². The summed E-state index contributed by atoms with van der Waals surface area (Å²) in [6, 6.07) is 0.609. The van der Waals surface area contributed by atoms with E-state index in [-0.39, 0.29) is 0 Å². The van der Waals surface area contributed by atoms with Crippen LogP contribution in [0.25, 0.3) is 0 Å². The molecule has 0 bridgehead atoms. The average Bonchev–Trinajstić information content (AvgIpc) is 2.37. The van der Waals surface area contributed by atoms with E-state index in [0.29, 0.717) is 12.6 Å². The van der Waals surface area contributed by atoms with E-state index < -0.39 is 10.0 Å². The van der Waals surface area contributed by atoms with Gasteiger partial charge in [0, 0.05) is 12.6 Å². The second kappa shape index (κ2) is 13.5. The van der Waals surface area contributed by atoms with E-state index in [1.54, 1.807) is 0 Å². The van der Waals surface area contributed by atoms with Gasteiger partial charge in [-0.15, -0.1) is 0 Å². The number of sulfonamides is 1. The summed E-state index contributed by atoms with van der Waals surface area (Å²) < 4.78 is 24.2. The summed E-state index contributed by atoms with van der Waals surface area (Å²) in [5, 5.41) is 3.45. The molecule has 0 unspecified atom stereocenters. The molecule has 0 saturated carbocycles. The van der Waals surface area contributed by atoms with Gasteiger partial charge in [0.2, 0.25) is 10.0 Å². The summed E-state index contributed by atoms with van der Waals surface area (Å²) in [6.07, 6.45) is 13.8. The maximum absolute atomic E-state index is 10.9. The van der Waals surface area contributed by atoms with Crippen molar-refractivity contribution in [3.05, 3.63) is 0 Å². The van der Waals surface area contributed by atoms with Gasteiger partial charge in [-0.2, -0.15) is 0 Å². The van der Waals surface area contributed by atoms with Crippen LogP contribution in [0.5, 0.6) is 0 Å². The molecule has 0 radical (unpaired) electrons. The highest BCUT2D eigenvalue weighted by Gasteiger charge is 1.98. The van der Waals surface area contributed by atoms with Crippen LogP contribution in [0.4, 0.5) is 0 Å². The molecule has 21 heavy (non-hydrogen) atoms. The van der Waals surface area contributed by atoms with Gasteiger partial charge in [-0.25, -0.2) is 13.1 Å². The van der Waals surface area contributed by atoms with Crippen molar-refractivity contribution in [3.63, 3.8) is 0 Å². The van der Waals surface area contributed by atoms with Gasteiger partial charge >= 0.3 is 0 Å². The summed E-state index contributed by atoms with van der Waals surface area (Å²) >= 11 is 0. The largest absolute Gasteiger partial charge is 0.315 e. The van der Waals surface area contributed by atoms with E-state index in [2.05, 4.69) is 23.9 Å². The molecule has 0 heterocycles. The van der Waals surface area contributed by atoms with Crippen molar-refractivity contribution in [2.75, 3.05) is 19.3 Å². The van der Waals surface area contributed by atoms with Crippen LogP contribution in [0.1, 0.15) is 78.1 Å². The molecule has 0 aliphatic carbocycles. The number of hydrogen-bond acceptors (Lipinski definition) is 3. The summed E-state index contributed by atoms with van der Waals surface area (Å²) in [5.41, 5.74) is 0. The first-order chi connectivity index (χ1) is 9.92. The second-order valence-electron chi connectivity index (χ2n) is 6.31. The Kier molecular flexibility index (Phi) is 13.4. The topological polar surface area (TPSA) is 58.2 Å². The van der Waals surface area contributed by atoms with Gasteiger partial charge in [0.25, 0.3) is 0 Å². The van der Waals surface area contributed by atoms with Gasteiger partial charge in [-0.1, -0.05) is 65.2 Å². The number of rotatable bonds is 15. The molecule has 0 saturated heterocycles. The lowest BCUT2D eigenvalue weighted by atomic mass is 10.1. The van der Waals surface area contributed by atoms with E-state index >= 15 is 0 Å². The van der Waals surface area contributed by atoms with Crippen molar-refractivity contribution in [3.8, 4) is 0 Å². The smallest absolute Gasteiger partial charge is 0.208 e. The predicted octanol–water partition coefficient (Wildman–Crippen LogP) is 3.43. The normalized spacial score (nSPS) is 12.2. The Morgan fingerprint density at radius 2 is 1.10 bits per heavy atom. The van der Waals surface area contributed by atoms with Crippen LogP contribution in [-0.2, 0) is 10.0 Å². The Bertz CT molecular complexity index is 316. The number of unbranched alkanes of at least 4 members (excludes halogenated alkanes) is 9. The molecule has 0 aromatic heterocycles. The van der Waals surface area contributed by atoms with Crippen LogP contribution in [0.2, 0.25) is 0 Å². The van der Waals surface area contributed by atoms with Crippen LogP contribution < -0.4 is 10.0 Å². The molecule has 4 nitrogen and oxygen atoms in total. The van der Waals surface area contributed by atoms with Crippen LogP contribution >= 0.6 is 0 Å². The second-order valence-corrected chi connectivity index (χ2v) is 8.14. The molecular formula is C16H36N2O2S. The van der Waals surface area contributed by atoms with Gasteiger partial charge in [-0.05, 0) is 19.4 Å². The van der Waals surface area contributed by atoms with Gasteiger partial charge in [0.1, 0.15) is 0 Å². The molecule has 2 N–H and O–H groups in total. The maximum atomic E-state index is 10.9. The van der Waals surface area contributed by atoms with Crippen molar-refractivity contribution in [1.29, 1.82) is 0 Å². The molecule has 0 aliphatic heterocycles. The summed E-state index contributed by atoms with van der Waals surface area (Å²) in [4.78, 5) is 0. The standard InChI is InChI=1S/C16H36N2O2S/c1-16(2)17-14-12-10-8-6-4-5-7-9-11-13-15-18-21(3,19)20/h16-18H,4-15H2,1-3H3. The molecule has 5 heteroatoms. The molecule has 0 amide bonds. The van der Waals surface area contributed by atoms with Crippen LogP contribution in [-0.4, -0.2) is 33.8 Å². The van der Waals surface area contributed by atoms with E-state index in [9.17, 15) is 8.42 Å². The first kappa shape index (κ1) is 20.9. The highest BCUT2D eigenvalue weighted by molar-refractivity contribution is 7.88. The third-order valence-electron chi connectivity index (χ3n) is 3.52. The molecule has 0 aliphatic rings. The Morgan fingerprint density at radius 3 is 1.48 bits per heavy atom. The average molecular weight is 321 g/mol. The van der Waals surface area contributed by atoms with Crippen molar-refractivity contribution in [2.24, 2.45) is 0 Å². The first-order valence-electron chi connectivity index (χ1n) is 8.60. The Labute approximate surface area is 132 Å². The van der Waals surface area contributed by atoms with E-state index in [1.807, 2.05) is 0 Å². The monoisotopic (exact) mass is 320 g/mol. The zero-order chi connectivity index (χ0) is 16.0. The minimum atomic E-state index is -3.00. The third kappa shape index (κ3) is 19.9. The lowest BCUT2D eigenvalue weighted by Crippen LogP contribution is -2.23. The van der Waals surface area contributed by atoms with Crippen molar-refractivity contribution >= 4 is 10.0 Å². The fourth-order valence-electron chi connectivity index (χ4n) is 2.31. The highest BCUT2D eigenvalue weighted by atomic mass is 32.2. The van der Waals surface area contributed by atoms with E-state index in [0.717, 1.165) is 19.4 Å². The summed E-state index contributed by atoms with van der Waals surface area (Å²) in [6.45, 7) is 6.12. The Hall–Kier alpha value is -0.130. The number of hydrogen-bond donors (Lipinski definition) is 2. The van der Waals surface area contributed by atoms with E-state index in [1.165, 1.54) is 57.6 Å². The quantitative estimate of drug-likeness (QED) is 0.454. The summed E-state index contributed by atoms with van der Waals surface area (Å²) in [5.74, 6) is 0. The molecule has 0 atom stereocenters.